The van der Waals surface area contributed by atoms with Crippen molar-refractivity contribution in [1.29, 1.82) is 0 Å². The van der Waals surface area contributed by atoms with Crippen LogP contribution >= 0.6 is 24.0 Å². The van der Waals surface area contributed by atoms with Gasteiger partial charge in [0.2, 0.25) is 0 Å². The fourth-order valence-electron chi connectivity index (χ4n) is 1.40. The van der Waals surface area contributed by atoms with E-state index in [1.807, 2.05) is 13.8 Å². The fraction of sp³-hybridized carbons (Fsp3) is 0.929. The molecule has 0 radical (unpaired) electrons. The zero-order valence-electron chi connectivity index (χ0n) is 14.4. The lowest BCUT2D eigenvalue weighted by molar-refractivity contribution is 0.0310. The number of rotatable bonds is 10. The summed E-state index contributed by atoms with van der Waals surface area (Å²) in [4.78, 5) is 6.76. The van der Waals surface area contributed by atoms with Gasteiger partial charge in [0.05, 0.1) is 18.8 Å². The maximum atomic E-state index is 5.37. The third-order valence-corrected chi connectivity index (χ3v) is 2.98. The van der Waals surface area contributed by atoms with Gasteiger partial charge < -0.3 is 25.0 Å². The maximum Gasteiger partial charge on any atom is 0.191 e. The molecule has 0 saturated carbocycles. The van der Waals surface area contributed by atoms with Crippen LogP contribution in [-0.4, -0.2) is 77.1 Å². The number of methoxy groups -OCH3 is 2. The molecular weight excluding hydrogens is 383 g/mol. The van der Waals surface area contributed by atoms with Crippen molar-refractivity contribution in [2.24, 2.45) is 4.99 Å². The van der Waals surface area contributed by atoms with Gasteiger partial charge in [0, 0.05) is 40.4 Å². The molecule has 2 N–H and O–H groups in total. The van der Waals surface area contributed by atoms with Gasteiger partial charge in [0.1, 0.15) is 0 Å². The fourth-order valence-corrected chi connectivity index (χ4v) is 1.40. The van der Waals surface area contributed by atoms with Gasteiger partial charge in [-0.2, -0.15) is 0 Å². The quantitative estimate of drug-likeness (QED) is 0.318. The van der Waals surface area contributed by atoms with Crippen LogP contribution in [0.1, 0.15) is 20.8 Å². The normalized spacial score (nSPS) is 12.2. The van der Waals surface area contributed by atoms with Gasteiger partial charge in [0.15, 0.2) is 5.96 Å². The predicted molar refractivity (Wildman–Crippen MR) is 99.9 cm³/mol. The van der Waals surface area contributed by atoms with Gasteiger partial charge >= 0.3 is 0 Å². The third-order valence-electron chi connectivity index (χ3n) is 2.98. The van der Waals surface area contributed by atoms with Crippen molar-refractivity contribution in [1.82, 2.24) is 15.5 Å². The Morgan fingerprint density at radius 2 is 1.86 bits per heavy atom. The molecule has 0 heterocycles. The second-order valence-electron chi connectivity index (χ2n) is 5.38. The van der Waals surface area contributed by atoms with Gasteiger partial charge in [-0.05, 0) is 27.8 Å². The van der Waals surface area contributed by atoms with Gasteiger partial charge in [0.25, 0.3) is 0 Å². The number of nitrogens with one attached hydrogen (secondary N) is 2. The number of aliphatic imine (C=N–C) groups is 1. The second-order valence-corrected chi connectivity index (χ2v) is 5.38. The van der Waals surface area contributed by atoms with Crippen LogP contribution in [0.5, 0.6) is 0 Å². The van der Waals surface area contributed by atoms with Gasteiger partial charge in [-0.25, -0.2) is 0 Å². The number of guanidine groups is 1. The summed E-state index contributed by atoms with van der Waals surface area (Å²) >= 11 is 0. The molecule has 0 aromatic rings. The average molecular weight is 416 g/mol. The molecule has 0 spiro atoms. The summed E-state index contributed by atoms with van der Waals surface area (Å²) in [6.07, 6.45) is 0. The monoisotopic (exact) mass is 416 g/mol. The predicted octanol–water partition coefficient (Wildman–Crippen LogP) is 1.16. The zero-order valence-corrected chi connectivity index (χ0v) is 16.7. The zero-order chi connectivity index (χ0) is 15.4. The highest BCUT2D eigenvalue weighted by molar-refractivity contribution is 14.0. The smallest absolute Gasteiger partial charge is 0.191 e. The Balaban J connectivity index is 0. The lowest BCUT2D eigenvalue weighted by Gasteiger charge is -2.22. The molecule has 0 fully saturated rings. The average Bonchev–Trinajstić information content (AvgIpc) is 2.42. The Kier molecular flexibility index (Phi) is 14.9. The minimum absolute atomic E-state index is 0. The van der Waals surface area contributed by atoms with E-state index in [9.17, 15) is 0 Å². The first-order valence-corrected chi connectivity index (χ1v) is 7.20. The number of nitrogens with zero attached hydrogens (tertiary/aromatic N) is 2. The van der Waals surface area contributed by atoms with E-state index < -0.39 is 0 Å². The molecule has 0 aliphatic rings. The first-order valence-electron chi connectivity index (χ1n) is 7.20. The number of ether oxygens (including phenoxy) is 2. The summed E-state index contributed by atoms with van der Waals surface area (Å²) in [6, 6.07) is 0. The molecule has 0 amide bonds. The molecule has 0 aliphatic carbocycles. The highest BCUT2D eigenvalue weighted by Crippen LogP contribution is 2.06. The lowest BCUT2D eigenvalue weighted by Crippen LogP contribution is -2.42. The van der Waals surface area contributed by atoms with Crippen molar-refractivity contribution in [2.45, 2.75) is 26.4 Å². The highest BCUT2D eigenvalue weighted by atomic mass is 127. The molecule has 0 saturated heterocycles. The molecule has 0 aromatic carbocycles. The molecule has 7 heteroatoms. The van der Waals surface area contributed by atoms with E-state index in [4.69, 9.17) is 9.47 Å². The van der Waals surface area contributed by atoms with Crippen LogP contribution in [-0.2, 0) is 9.47 Å². The van der Waals surface area contributed by atoms with Crippen LogP contribution in [0.3, 0.4) is 0 Å². The molecule has 6 nitrogen and oxygen atoms in total. The molecule has 0 unspecified atom stereocenters. The van der Waals surface area contributed by atoms with E-state index in [1.54, 1.807) is 14.2 Å². The minimum atomic E-state index is -0.238. The molecular formula is C14H33IN4O2. The summed E-state index contributed by atoms with van der Waals surface area (Å²) in [6.45, 7) is 11.1. The van der Waals surface area contributed by atoms with E-state index in [1.165, 1.54) is 0 Å². The summed E-state index contributed by atoms with van der Waals surface area (Å²) in [5.41, 5.74) is -0.238. The molecule has 0 bridgehead atoms. The van der Waals surface area contributed by atoms with Crippen LogP contribution in [0, 0.1) is 0 Å². The Labute approximate surface area is 147 Å². The van der Waals surface area contributed by atoms with Crippen molar-refractivity contribution >= 4 is 29.9 Å². The second kappa shape index (κ2) is 13.5. The van der Waals surface area contributed by atoms with Crippen LogP contribution in [0.25, 0.3) is 0 Å². The Morgan fingerprint density at radius 1 is 1.19 bits per heavy atom. The van der Waals surface area contributed by atoms with Crippen LogP contribution in [0.2, 0.25) is 0 Å². The summed E-state index contributed by atoms with van der Waals surface area (Å²) in [5, 5.41) is 6.56. The molecule has 128 valence electrons. The van der Waals surface area contributed by atoms with E-state index in [0.717, 1.165) is 38.7 Å². The Hall–Kier alpha value is -0.120. The molecule has 0 atom stereocenters. The number of hydrogen-bond donors (Lipinski definition) is 2. The van der Waals surface area contributed by atoms with Crippen molar-refractivity contribution in [2.75, 3.05) is 60.6 Å². The van der Waals surface area contributed by atoms with Crippen molar-refractivity contribution in [3.05, 3.63) is 0 Å². The van der Waals surface area contributed by atoms with Crippen molar-refractivity contribution < 1.29 is 9.47 Å². The first kappa shape index (κ1) is 23.2. The standard InChI is InChI=1S/C14H32N4O2.HI/c1-7-15-13(17-12-14(2,3)20-6)16-8-9-18(4)10-11-19-5;/h7-12H2,1-6H3,(H2,15,16,17);1H. The van der Waals surface area contributed by atoms with E-state index in [2.05, 4.69) is 34.5 Å². The largest absolute Gasteiger partial charge is 0.383 e. The van der Waals surface area contributed by atoms with Crippen LogP contribution in [0.4, 0.5) is 0 Å². The van der Waals surface area contributed by atoms with E-state index in [-0.39, 0.29) is 29.6 Å². The summed E-state index contributed by atoms with van der Waals surface area (Å²) < 4.78 is 10.4. The first-order chi connectivity index (χ1) is 9.45. The number of likely N-dealkylation sites (N-methyl/N-ethyl adjacent to an activating group) is 1. The van der Waals surface area contributed by atoms with Gasteiger partial charge in [-0.15, -0.1) is 24.0 Å². The van der Waals surface area contributed by atoms with Crippen molar-refractivity contribution in [3.8, 4) is 0 Å². The lowest BCUT2D eigenvalue weighted by atomic mass is 10.1. The third kappa shape index (κ3) is 13.3. The topological polar surface area (TPSA) is 58.1 Å². The SMILES string of the molecule is CCNC(=NCC(C)(C)OC)NCCN(C)CCOC.I. The van der Waals surface area contributed by atoms with Crippen molar-refractivity contribution in [3.63, 3.8) is 0 Å². The highest BCUT2D eigenvalue weighted by Gasteiger charge is 2.15. The maximum absolute atomic E-state index is 5.37. The van der Waals surface area contributed by atoms with Crippen LogP contribution < -0.4 is 10.6 Å². The molecule has 0 rings (SSSR count). The van der Waals surface area contributed by atoms with Gasteiger partial charge in [-0.3, -0.25) is 4.99 Å². The minimum Gasteiger partial charge on any atom is -0.383 e. The summed E-state index contributed by atoms with van der Waals surface area (Å²) in [5.74, 6) is 0.831. The van der Waals surface area contributed by atoms with Crippen LogP contribution in [0.15, 0.2) is 4.99 Å². The molecule has 0 aromatic heterocycles. The molecule has 21 heavy (non-hydrogen) atoms. The van der Waals surface area contributed by atoms with E-state index in [0.29, 0.717) is 6.54 Å². The Bertz CT molecular complexity index is 276. The molecule has 0 aliphatic heterocycles. The van der Waals surface area contributed by atoms with Gasteiger partial charge in [-0.1, -0.05) is 0 Å². The Morgan fingerprint density at radius 3 is 2.38 bits per heavy atom. The van der Waals surface area contributed by atoms with E-state index >= 15 is 0 Å². The number of halogens is 1. The summed E-state index contributed by atoms with van der Waals surface area (Å²) in [7, 11) is 5.51. The number of hydrogen-bond acceptors (Lipinski definition) is 4.